The largest absolute Gasteiger partial charge is 0.489 e. The molecule has 0 bridgehead atoms. The first-order chi connectivity index (χ1) is 17.8. The summed E-state index contributed by atoms with van der Waals surface area (Å²) in [7, 11) is 1.72. The number of hydrogen-bond acceptors (Lipinski definition) is 8. The van der Waals surface area contributed by atoms with Gasteiger partial charge < -0.3 is 29.8 Å². The van der Waals surface area contributed by atoms with Crippen molar-refractivity contribution < 1.29 is 33.8 Å². The molecule has 3 heterocycles. The highest BCUT2D eigenvalue weighted by Gasteiger charge is 2.42. The van der Waals surface area contributed by atoms with Crippen LogP contribution in [0.3, 0.4) is 0 Å². The predicted octanol–water partition coefficient (Wildman–Crippen LogP) is 2.54. The van der Waals surface area contributed by atoms with E-state index in [-0.39, 0.29) is 78.9 Å². The topological polar surface area (TPSA) is 136 Å². The van der Waals surface area contributed by atoms with E-state index in [0.717, 1.165) is 25.0 Å². The first-order valence-electron chi connectivity index (χ1n) is 12.9. The van der Waals surface area contributed by atoms with Crippen LogP contribution >= 0.6 is 11.8 Å². The first-order valence-corrected chi connectivity index (χ1v) is 13.9. The van der Waals surface area contributed by atoms with Crippen LogP contribution in [0.5, 0.6) is 0 Å². The molecule has 0 saturated carbocycles. The number of nitrogens with one attached hydrogen (secondary N) is 2. The van der Waals surface area contributed by atoms with Gasteiger partial charge in [0, 0.05) is 48.4 Å². The number of ether oxygens (including phenoxy) is 2. The van der Waals surface area contributed by atoms with Crippen molar-refractivity contribution in [2.24, 2.45) is 7.05 Å². The predicted molar refractivity (Wildman–Crippen MR) is 138 cm³/mol. The summed E-state index contributed by atoms with van der Waals surface area (Å²) in [6, 6.07) is 0.240. The molecule has 1 aromatic heterocycles. The lowest BCUT2D eigenvalue weighted by Crippen LogP contribution is -2.36. The number of Topliss-reactive ketones (excluding diaryl/α,β-unsaturated/α-hetero) is 1. The Hall–Kier alpha value is -2.79. The van der Waals surface area contributed by atoms with Crippen molar-refractivity contribution in [2.75, 3.05) is 19.0 Å². The number of ketones is 2. The number of esters is 1. The van der Waals surface area contributed by atoms with Crippen LogP contribution in [0.25, 0.3) is 0 Å². The maximum Gasteiger partial charge on any atom is 0.315 e. The number of aliphatic hydroxyl groups excluding tert-OH is 1. The van der Waals surface area contributed by atoms with Gasteiger partial charge in [0.2, 0.25) is 11.6 Å². The van der Waals surface area contributed by atoms with Crippen LogP contribution in [-0.4, -0.2) is 69.5 Å². The Morgan fingerprint density at radius 3 is 2.76 bits per heavy atom. The number of aromatic nitrogens is 1. The smallest absolute Gasteiger partial charge is 0.315 e. The van der Waals surface area contributed by atoms with E-state index >= 15 is 0 Å². The molecule has 2 fully saturated rings. The van der Waals surface area contributed by atoms with Gasteiger partial charge in [-0.05, 0) is 39.0 Å². The third-order valence-corrected chi connectivity index (χ3v) is 8.76. The summed E-state index contributed by atoms with van der Waals surface area (Å²) < 4.78 is 12.8. The zero-order valence-electron chi connectivity index (χ0n) is 21.3. The molecule has 3 N–H and O–H groups in total. The standard InChI is InChI=1S/C26H35N3O7S/c1-15-16(13-36-21(32)9-5-4-8-20-23-17(14-37-20)27-26(34)28-23)22-24(29(15)2)18(31)12-19(25(22)33)35-11-7-3-6-10-30/h12,17,20,23,30H,3-11,13-14H2,1-2H3,(H2,27,28,34). The number of allylic oxidation sites excluding steroid dienone is 2. The molecule has 2 amide bonds. The Labute approximate surface area is 220 Å². The highest BCUT2D eigenvalue weighted by Crippen LogP contribution is 2.33. The number of thioether (sulfide) groups is 1. The normalized spacial score (nSPS) is 22.3. The van der Waals surface area contributed by atoms with Gasteiger partial charge in [-0.25, -0.2) is 4.79 Å². The molecule has 3 aliphatic rings. The van der Waals surface area contributed by atoms with E-state index < -0.39 is 0 Å². The molecule has 3 unspecified atom stereocenters. The molecule has 37 heavy (non-hydrogen) atoms. The molecule has 11 heteroatoms. The molecular formula is C26H35N3O7S. The minimum Gasteiger partial charge on any atom is -0.489 e. The summed E-state index contributed by atoms with van der Waals surface area (Å²) in [6.45, 7) is 2.09. The van der Waals surface area contributed by atoms with Crippen LogP contribution in [-0.2, 0) is 27.9 Å². The number of fused-ring (bicyclic) bond motifs is 2. The molecule has 1 aromatic rings. The summed E-state index contributed by atoms with van der Waals surface area (Å²) in [5, 5.41) is 15.1. The van der Waals surface area contributed by atoms with Gasteiger partial charge in [0.05, 0.1) is 24.3 Å². The summed E-state index contributed by atoms with van der Waals surface area (Å²) in [5.74, 6) is -0.143. The third-order valence-electron chi connectivity index (χ3n) is 7.26. The number of urea groups is 1. The Balaban J connectivity index is 1.28. The maximum atomic E-state index is 13.2. The zero-order chi connectivity index (χ0) is 26.5. The number of rotatable bonds is 13. The van der Waals surface area contributed by atoms with E-state index in [0.29, 0.717) is 35.8 Å². The lowest BCUT2D eigenvalue weighted by atomic mass is 9.96. The molecule has 0 aromatic carbocycles. The number of aliphatic hydroxyl groups is 1. The second-order valence-corrected chi connectivity index (χ2v) is 11.0. The molecule has 0 radical (unpaired) electrons. The molecule has 3 atom stereocenters. The van der Waals surface area contributed by atoms with Gasteiger partial charge in [0.15, 0.2) is 5.76 Å². The molecular weight excluding hydrogens is 498 g/mol. The second kappa shape index (κ2) is 12.2. The number of unbranched alkanes of at least 4 members (excludes halogenated alkanes) is 3. The molecule has 0 spiro atoms. The van der Waals surface area contributed by atoms with Crippen molar-refractivity contribution in [3.05, 3.63) is 34.3 Å². The van der Waals surface area contributed by atoms with Gasteiger partial charge in [-0.2, -0.15) is 11.8 Å². The summed E-state index contributed by atoms with van der Waals surface area (Å²) in [6.07, 6.45) is 6.01. The van der Waals surface area contributed by atoms with Crippen molar-refractivity contribution in [2.45, 2.75) is 75.8 Å². The van der Waals surface area contributed by atoms with E-state index in [1.165, 1.54) is 6.08 Å². The minimum absolute atomic E-state index is 0.000323. The third kappa shape index (κ3) is 6.04. The highest BCUT2D eigenvalue weighted by molar-refractivity contribution is 8.00. The average Bonchev–Trinajstić information content (AvgIpc) is 3.50. The molecule has 202 valence electrons. The van der Waals surface area contributed by atoms with Crippen molar-refractivity contribution in [1.29, 1.82) is 0 Å². The molecule has 2 aliphatic heterocycles. The lowest BCUT2D eigenvalue weighted by Gasteiger charge is -2.16. The highest BCUT2D eigenvalue weighted by atomic mass is 32.2. The zero-order valence-corrected chi connectivity index (χ0v) is 22.2. The van der Waals surface area contributed by atoms with Crippen LogP contribution in [0.2, 0.25) is 0 Å². The summed E-state index contributed by atoms with van der Waals surface area (Å²) >= 11 is 1.85. The fourth-order valence-corrected chi connectivity index (χ4v) is 6.65. The minimum atomic E-state index is -0.382. The summed E-state index contributed by atoms with van der Waals surface area (Å²) in [5.41, 5.74) is 1.74. The van der Waals surface area contributed by atoms with Crippen molar-refractivity contribution in [1.82, 2.24) is 15.2 Å². The summed E-state index contributed by atoms with van der Waals surface area (Å²) in [4.78, 5) is 49.9. The second-order valence-electron chi connectivity index (χ2n) is 9.71. The molecule has 4 rings (SSSR count). The lowest BCUT2D eigenvalue weighted by molar-refractivity contribution is -0.145. The van der Waals surface area contributed by atoms with E-state index in [9.17, 15) is 19.2 Å². The van der Waals surface area contributed by atoms with Gasteiger partial charge in [0.25, 0.3) is 0 Å². The van der Waals surface area contributed by atoms with Crippen molar-refractivity contribution in [3.8, 4) is 0 Å². The molecule has 1 aliphatic carbocycles. The number of hydrogen-bond donors (Lipinski definition) is 3. The number of nitrogens with zero attached hydrogens (tertiary/aromatic N) is 1. The first kappa shape index (κ1) is 27.3. The Morgan fingerprint density at radius 2 is 1.97 bits per heavy atom. The van der Waals surface area contributed by atoms with Gasteiger partial charge in [-0.15, -0.1) is 0 Å². The Morgan fingerprint density at radius 1 is 1.16 bits per heavy atom. The van der Waals surface area contributed by atoms with E-state index in [4.69, 9.17) is 14.6 Å². The quantitative estimate of drug-likeness (QED) is 0.200. The van der Waals surface area contributed by atoms with Gasteiger partial charge in [0.1, 0.15) is 12.3 Å². The van der Waals surface area contributed by atoms with Crippen molar-refractivity contribution in [3.63, 3.8) is 0 Å². The van der Waals surface area contributed by atoms with Crippen LogP contribution in [0.4, 0.5) is 4.79 Å². The SMILES string of the molecule is Cc1c(COC(=O)CCCCC2SCC3NC(=O)NC32)c2c(n1C)C(=O)C=C(OCCCCCO)C2=O. The van der Waals surface area contributed by atoms with Gasteiger partial charge in [-0.3, -0.25) is 14.4 Å². The van der Waals surface area contributed by atoms with Crippen LogP contribution in [0, 0.1) is 6.92 Å². The van der Waals surface area contributed by atoms with Gasteiger partial charge >= 0.3 is 12.0 Å². The van der Waals surface area contributed by atoms with Crippen molar-refractivity contribution >= 4 is 35.3 Å². The van der Waals surface area contributed by atoms with Crippen LogP contribution in [0.15, 0.2) is 11.8 Å². The fraction of sp³-hybridized carbons (Fsp3) is 0.615. The van der Waals surface area contributed by atoms with Gasteiger partial charge in [-0.1, -0.05) is 6.42 Å². The molecule has 10 nitrogen and oxygen atoms in total. The van der Waals surface area contributed by atoms with E-state index in [1.54, 1.807) is 18.5 Å². The number of carbonyl (C=O) groups excluding carboxylic acids is 4. The number of amides is 2. The Kier molecular flexibility index (Phi) is 8.96. The molecule has 2 saturated heterocycles. The number of carbonyl (C=O) groups is 4. The fourth-order valence-electron chi connectivity index (χ4n) is 5.11. The average molecular weight is 534 g/mol. The van der Waals surface area contributed by atoms with E-state index in [2.05, 4.69) is 10.6 Å². The van der Waals surface area contributed by atoms with Crippen LogP contribution < -0.4 is 10.6 Å². The maximum absolute atomic E-state index is 13.2. The monoisotopic (exact) mass is 533 g/mol. The van der Waals surface area contributed by atoms with Crippen LogP contribution in [0.1, 0.15) is 77.0 Å². The Bertz CT molecular complexity index is 1100. The van der Waals surface area contributed by atoms with E-state index in [1.807, 2.05) is 11.8 Å².